The van der Waals surface area contributed by atoms with Gasteiger partial charge < -0.3 is 10.1 Å². The Balaban J connectivity index is 1.91. The van der Waals surface area contributed by atoms with E-state index in [2.05, 4.69) is 4.98 Å². The fourth-order valence-electron chi connectivity index (χ4n) is 3.44. The standard InChI is InChI=1S/C22H23ClN2O4S/c1-14-12-18(25-20(14)21(27)15-8-10-17(23)11-9-15)13-19(26)22(2,30(24,28)29)16-6-4-3-5-7-16/h3-12,19,25-26H,13H2,1-2H3,(H2,24,28,29). The first-order valence-corrected chi connectivity index (χ1v) is 11.2. The first-order chi connectivity index (χ1) is 14.0. The Labute approximate surface area is 180 Å². The van der Waals surface area contributed by atoms with E-state index in [9.17, 15) is 18.3 Å². The number of hydrogen-bond donors (Lipinski definition) is 3. The number of aryl methyl sites for hydroxylation is 1. The van der Waals surface area contributed by atoms with Crippen LogP contribution in [0.2, 0.25) is 5.02 Å². The van der Waals surface area contributed by atoms with Crippen LogP contribution in [0, 0.1) is 6.92 Å². The van der Waals surface area contributed by atoms with E-state index >= 15 is 0 Å². The first kappa shape index (κ1) is 22.2. The molecule has 0 aliphatic rings. The highest BCUT2D eigenvalue weighted by atomic mass is 35.5. The number of sulfonamides is 1. The minimum Gasteiger partial charge on any atom is -0.391 e. The second-order valence-electron chi connectivity index (χ2n) is 7.43. The van der Waals surface area contributed by atoms with E-state index in [1.165, 1.54) is 6.92 Å². The van der Waals surface area contributed by atoms with Crippen LogP contribution in [-0.4, -0.2) is 30.4 Å². The van der Waals surface area contributed by atoms with E-state index < -0.39 is 20.9 Å². The van der Waals surface area contributed by atoms with Crippen LogP contribution in [0.4, 0.5) is 0 Å². The minimum atomic E-state index is -4.15. The molecule has 1 aromatic heterocycles. The summed E-state index contributed by atoms with van der Waals surface area (Å²) in [6.45, 7) is 3.17. The number of halogens is 1. The van der Waals surface area contributed by atoms with E-state index in [0.717, 1.165) is 0 Å². The molecule has 2 atom stereocenters. The van der Waals surface area contributed by atoms with E-state index in [0.29, 0.717) is 33.1 Å². The highest BCUT2D eigenvalue weighted by Gasteiger charge is 2.45. The molecule has 3 rings (SSSR count). The summed E-state index contributed by atoms with van der Waals surface area (Å²) in [7, 11) is -4.15. The molecule has 0 spiro atoms. The molecule has 2 aromatic carbocycles. The van der Waals surface area contributed by atoms with Gasteiger partial charge in [0.1, 0.15) is 4.75 Å². The van der Waals surface area contributed by atoms with Gasteiger partial charge in [0, 0.05) is 22.7 Å². The molecule has 8 heteroatoms. The normalized spacial score (nSPS) is 14.8. The third-order valence-electron chi connectivity index (χ3n) is 5.39. The maximum absolute atomic E-state index is 12.8. The quantitative estimate of drug-likeness (QED) is 0.483. The SMILES string of the molecule is Cc1cc(CC(O)C(C)(c2ccccc2)S(N)(=O)=O)[nH]c1C(=O)c1ccc(Cl)cc1. The summed E-state index contributed by atoms with van der Waals surface area (Å²) in [6, 6.07) is 16.6. The number of H-pyrrole nitrogens is 1. The van der Waals surface area contributed by atoms with Crippen molar-refractivity contribution in [1.29, 1.82) is 0 Å². The fourth-order valence-corrected chi connectivity index (χ4v) is 4.49. The van der Waals surface area contributed by atoms with Gasteiger partial charge in [-0.05, 0) is 55.3 Å². The highest BCUT2D eigenvalue weighted by Crippen LogP contribution is 2.34. The number of aromatic nitrogens is 1. The second kappa shape index (κ2) is 8.35. The van der Waals surface area contributed by atoms with Crippen LogP contribution in [0.1, 0.15) is 39.8 Å². The van der Waals surface area contributed by atoms with Crippen LogP contribution in [0.15, 0.2) is 60.7 Å². The number of aliphatic hydroxyl groups is 1. The summed E-state index contributed by atoms with van der Waals surface area (Å²) in [6.07, 6.45) is -1.37. The van der Waals surface area contributed by atoms with Crippen molar-refractivity contribution in [2.75, 3.05) is 0 Å². The van der Waals surface area contributed by atoms with Gasteiger partial charge in [-0.3, -0.25) is 4.79 Å². The van der Waals surface area contributed by atoms with Crippen LogP contribution in [-0.2, 0) is 21.2 Å². The Morgan fingerprint density at radius 1 is 1.17 bits per heavy atom. The number of primary sulfonamides is 1. The molecule has 6 nitrogen and oxygen atoms in total. The van der Waals surface area contributed by atoms with E-state index in [1.807, 2.05) is 0 Å². The number of rotatable bonds is 7. The van der Waals surface area contributed by atoms with Crippen molar-refractivity contribution in [2.45, 2.75) is 31.1 Å². The van der Waals surface area contributed by atoms with Gasteiger partial charge in [-0.2, -0.15) is 0 Å². The molecule has 0 bridgehead atoms. The molecule has 1 heterocycles. The van der Waals surface area contributed by atoms with Gasteiger partial charge in [-0.25, -0.2) is 13.6 Å². The number of nitrogens with one attached hydrogen (secondary N) is 1. The van der Waals surface area contributed by atoms with Gasteiger partial charge in [-0.15, -0.1) is 0 Å². The van der Waals surface area contributed by atoms with Crippen LogP contribution in [0.5, 0.6) is 0 Å². The molecule has 0 radical (unpaired) electrons. The Bertz CT molecular complexity index is 1160. The molecule has 0 fully saturated rings. The van der Waals surface area contributed by atoms with E-state index in [4.69, 9.17) is 16.7 Å². The van der Waals surface area contributed by atoms with Crippen molar-refractivity contribution in [1.82, 2.24) is 4.98 Å². The average molecular weight is 447 g/mol. The number of ketones is 1. The Hall–Kier alpha value is -2.45. The molecule has 2 unspecified atom stereocenters. The summed E-state index contributed by atoms with van der Waals surface area (Å²) in [5, 5.41) is 17.0. The summed E-state index contributed by atoms with van der Waals surface area (Å²) in [5.74, 6) is -0.220. The zero-order valence-electron chi connectivity index (χ0n) is 16.6. The molecule has 0 saturated carbocycles. The average Bonchev–Trinajstić information content (AvgIpc) is 3.07. The fraction of sp³-hybridized carbons (Fsp3) is 0.227. The Kier molecular flexibility index (Phi) is 6.19. The molecule has 0 amide bonds. The Morgan fingerprint density at radius 2 is 1.77 bits per heavy atom. The van der Waals surface area contributed by atoms with Crippen LogP contribution < -0.4 is 5.14 Å². The van der Waals surface area contributed by atoms with Gasteiger partial charge in [0.15, 0.2) is 0 Å². The van der Waals surface area contributed by atoms with Crippen molar-refractivity contribution in [3.05, 3.63) is 93.8 Å². The van der Waals surface area contributed by atoms with Gasteiger partial charge in [0.2, 0.25) is 15.8 Å². The molecular weight excluding hydrogens is 424 g/mol. The first-order valence-electron chi connectivity index (χ1n) is 9.28. The zero-order valence-corrected chi connectivity index (χ0v) is 18.2. The van der Waals surface area contributed by atoms with Crippen molar-refractivity contribution in [3.63, 3.8) is 0 Å². The van der Waals surface area contributed by atoms with Crippen LogP contribution in [0.3, 0.4) is 0 Å². The molecule has 0 aliphatic carbocycles. The van der Waals surface area contributed by atoms with Crippen molar-refractivity contribution in [3.8, 4) is 0 Å². The summed E-state index contributed by atoms with van der Waals surface area (Å²) >= 11 is 5.88. The predicted molar refractivity (Wildman–Crippen MR) is 117 cm³/mol. The molecular formula is C22H23ClN2O4S. The lowest BCUT2D eigenvalue weighted by atomic mass is 9.91. The van der Waals surface area contributed by atoms with Crippen molar-refractivity contribution >= 4 is 27.4 Å². The number of aromatic amines is 1. The van der Waals surface area contributed by atoms with E-state index in [-0.39, 0.29) is 12.2 Å². The van der Waals surface area contributed by atoms with Crippen LogP contribution in [0.25, 0.3) is 0 Å². The lowest BCUT2D eigenvalue weighted by Crippen LogP contribution is -2.48. The van der Waals surface area contributed by atoms with Crippen molar-refractivity contribution < 1.29 is 18.3 Å². The summed E-state index contributed by atoms with van der Waals surface area (Å²) in [4.78, 5) is 15.8. The smallest absolute Gasteiger partial charge is 0.221 e. The number of hydrogen-bond acceptors (Lipinski definition) is 4. The lowest BCUT2D eigenvalue weighted by Gasteiger charge is -2.32. The second-order valence-corrected chi connectivity index (χ2v) is 9.80. The summed E-state index contributed by atoms with van der Waals surface area (Å²) < 4.78 is 23.1. The number of aliphatic hydroxyl groups excluding tert-OH is 1. The van der Waals surface area contributed by atoms with Crippen molar-refractivity contribution in [2.24, 2.45) is 5.14 Å². The third-order valence-corrected chi connectivity index (χ3v) is 7.33. The van der Waals surface area contributed by atoms with Gasteiger partial charge in [0.25, 0.3) is 0 Å². The van der Waals surface area contributed by atoms with Gasteiger partial charge in [-0.1, -0.05) is 41.9 Å². The monoisotopic (exact) mass is 446 g/mol. The van der Waals surface area contributed by atoms with Gasteiger partial charge in [0.05, 0.1) is 11.8 Å². The minimum absolute atomic E-state index is 0.0312. The highest BCUT2D eigenvalue weighted by molar-refractivity contribution is 7.90. The van der Waals surface area contributed by atoms with E-state index in [1.54, 1.807) is 67.6 Å². The van der Waals surface area contributed by atoms with Crippen LogP contribution >= 0.6 is 11.6 Å². The number of benzene rings is 2. The maximum Gasteiger partial charge on any atom is 0.221 e. The zero-order chi connectivity index (χ0) is 22.1. The maximum atomic E-state index is 12.8. The molecule has 3 aromatic rings. The summed E-state index contributed by atoms with van der Waals surface area (Å²) in [5.41, 5.74) is 2.45. The lowest BCUT2D eigenvalue weighted by molar-refractivity contribution is 0.103. The predicted octanol–water partition coefficient (Wildman–Crippen LogP) is 3.31. The molecule has 0 aliphatic heterocycles. The number of carbonyl (C=O) groups is 1. The topological polar surface area (TPSA) is 113 Å². The third kappa shape index (κ3) is 4.20. The number of carbonyl (C=O) groups excluding carboxylic acids is 1. The largest absolute Gasteiger partial charge is 0.391 e. The Morgan fingerprint density at radius 3 is 2.33 bits per heavy atom. The molecule has 158 valence electrons. The molecule has 4 N–H and O–H groups in total. The molecule has 0 saturated heterocycles. The molecule has 30 heavy (non-hydrogen) atoms. The number of nitrogens with two attached hydrogens (primary N) is 1. The van der Waals surface area contributed by atoms with Gasteiger partial charge >= 0.3 is 0 Å².